The van der Waals surface area contributed by atoms with Crippen LogP contribution >= 0.6 is 0 Å². The fourth-order valence-electron chi connectivity index (χ4n) is 0.947. The Morgan fingerprint density at radius 3 is 2.54 bits per heavy atom. The van der Waals surface area contributed by atoms with E-state index in [0.717, 1.165) is 6.54 Å². The third-order valence-electron chi connectivity index (χ3n) is 2.05. The normalized spacial score (nSPS) is 15.2. The fraction of sp³-hybridized carbons (Fsp3) is 0.778. The Balaban J connectivity index is 0. The van der Waals surface area contributed by atoms with Gasteiger partial charge in [0, 0.05) is 15.8 Å². The van der Waals surface area contributed by atoms with Crippen LogP contribution in [-0.4, -0.2) is 24.9 Å². The Bertz CT molecular complexity index is 208. The summed E-state index contributed by atoms with van der Waals surface area (Å²) in [4.78, 5) is 21.8. The Kier molecular flexibility index (Phi) is 3.73. The van der Waals surface area contributed by atoms with Crippen molar-refractivity contribution in [1.29, 1.82) is 0 Å². The second-order valence-electron chi connectivity index (χ2n) is 3.38. The van der Waals surface area contributed by atoms with Crippen molar-refractivity contribution >= 4 is 11.8 Å². The molecule has 0 bridgehead atoms. The zero-order chi connectivity index (χ0) is 9.68. The van der Waals surface area contributed by atoms with E-state index >= 15 is 0 Å². The van der Waals surface area contributed by atoms with E-state index in [-0.39, 0.29) is 21.2 Å². The maximum atomic E-state index is 11.1. The third kappa shape index (κ3) is 4.50. The van der Waals surface area contributed by atoms with Crippen LogP contribution in [0.15, 0.2) is 0 Å². The molecule has 1 aliphatic carbocycles. The second kappa shape index (κ2) is 4.84. The lowest BCUT2D eigenvalue weighted by molar-refractivity contribution is -0.125. The highest BCUT2D eigenvalue weighted by Gasteiger charge is 2.21. The second-order valence-corrected chi connectivity index (χ2v) is 3.38. The molecule has 0 radical (unpaired) electrons. The first-order valence-corrected chi connectivity index (χ1v) is 4.75. The highest BCUT2D eigenvalue weighted by atomic mass is 16.2. The number of rotatable bonds is 5. The molecule has 0 unspecified atom stereocenters. The van der Waals surface area contributed by atoms with Crippen LogP contribution in [0.1, 0.15) is 29.0 Å². The van der Waals surface area contributed by atoms with E-state index < -0.39 is 0 Å². The number of hydrogen-bond donors (Lipinski definition) is 2. The predicted molar refractivity (Wildman–Crippen MR) is 53.3 cm³/mol. The Morgan fingerprint density at radius 1 is 1.31 bits per heavy atom. The van der Waals surface area contributed by atoms with Crippen molar-refractivity contribution in [2.75, 3.05) is 13.1 Å². The third-order valence-corrected chi connectivity index (χ3v) is 2.05. The quantitative estimate of drug-likeness (QED) is 0.661. The van der Waals surface area contributed by atoms with Crippen LogP contribution in [-0.2, 0) is 9.59 Å². The number of carbonyl (C=O) groups excluding carboxylic acids is 2. The van der Waals surface area contributed by atoms with Gasteiger partial charge in [0.2, 0.25) is 11.8 Å². The SMILES string of the molecule is CCC(=O)NCC(=O)NCC1CC1.[HH].[HH]. The molecule has 0 aliphatic heterocycles. The van der Waals surface area contributed by atoms with E-state index in [9.17, 15) is 9.59 Å². The monoisotopic (exact) mass is 188 g/mol. The fourth-order valence-corrected chi connectivity index (χ4v) is 0.947. The summed E-state index contributed by atoms with van der Waals surface area (Å²) in [7, 11) is 0. The largest absolute Gasteiger partial charge is 0.354 e. The maximum Gasteiger partial charge on any atom is 0.239 e. The van der Waals surface area contributed by atoms with Gasteiger partial charge in [-0.1, -0.05) is 6.92 Å². The van der Waals surface area contributed by atoms with Crippen LogP contribution < -0.4 is 10.6 Å². The van der Waals surface area contributed by atoms with Gasteiger partial charge in [0.1, 0.15) is 0 Å². The van der Waals surface area contributed by atoms with Gasteiger partial charge in [-0.25, -0.2) is 0 Å². The van der Waals surface area contributed by atoms with Gasteiger partial charge in [-0.15, -0.1) is 0 Å². The van der Waals surface area contributed by atoms with Crippen LogP contribution in [0.25, 0.3) is 0 Å². The molecule has 1 fully saturated rings. The van der Waals surface area contributed by atoms with E-state index in [1.807, 2.05) is 0 Å². The molecule has 4 nitrogen and oxygen atoms in total. The summed E-state index contributed by atoms with van der Waals surface area (Å²) < 4.78 is 0. The molecule has 0 saturated heterocycles. The molecular formula is C9H20N2O2. The molecule has 0 aromatic rings. The van der Waals surface area contributed by atoms with Gasteiger partial charge >= 0.3 is 0 Å². The molecule has 2 N–H and O–H groups in total. The lowest BCUT2D eigenvalue weighted by atomic mass is 10.4. The number of hydrogen-bond acceptors (Lipinski definition) is 2. The molecule has 0 aromatic heterocycles. The molecule has 0 heterocycles. The first kappa shape index (κ1) is 10.0. The Morgan fingerprint density at radius 2 is 2.00 bits per heavy atom. The summed E-state index contributed by atoms with van der Waals surface area (Å²) in [6.45, 7) is 2.64. The van der Waals surface area contributed by atoms with Gasteiger partial charge < -0.3 is 10.6 Å². The number of nitrogens with one attached hydrogen (secondary N) is 2. The van der Waals surface area contributed by atoms with Crippen molar-refractivity contribution < 1.29 is 12.4 Å². The average Bonchev–Trinajstić information content (AvgIpc) is 2.94. The zero-order valence-electron chi connectivity index (χ0n) is 7.93. The summed E-state index contributed by atoms with van der Waals surface area (Å²) in [5.41, 5.74) is 0. The van der Waals surface area contributed by atoms with Crippen LogP contribution in [0.2, 0.25) is 0 Å². The van der Waals surface area contributed by atoms with Crippen LogP contribution in [0, 0.1) is 5.92 Å². The molecule has 13 heavy (non-hydrogen) atoms. The molecule has 0 spiro atoms. The standard InChI is InChI=1S/C9H16N2O2.2H2/c1-2-8(12)11-6-9(13)10-5-7-3-4-7;;/h7H,2-6H2,1H3,(H,10,13)(H,11,12);2*1H. The molecule has 1 aliphatic rings. The van der Waals surface area contributed by atoms with E-state index in [1.54, 1.807) is 6.92 Å². The smallest absolute Gasteiger partial charge is 0.239 e. The first-order valence-electron chi connectivity index (χ1n) is 4.75. The van der Waals surface area contributed by atoms with Gasteiger partial charge in [0.05, 0.1) is 6.54 Å². The summed E-state index contributed by atoms with van der Waals surface area (Å²) >= 11 is 0. The van der Waals surface area contributed by atoms with Crippen LogP contribution in [0.3, 0.4) is 0 Å². The van der Waals surface area contributed by atoms with Gasteiger partial charge in [0.25, 0.3) is 0 Å². The molecule has 0 atom stereocenters. The van der Waals surface area contributed by atoms with Gasteiger partial charge in [-0.2, -0.15) is 0 Å². The van der Waals surface area contributed by atoms with Gasteiger partial charge in [-0.05, 0) is 18.8 Å². The molecule has 1 rings (SSSR count). The van der Waals surface area contributed by atoms with Crippen LogP contribution in [0.5, 0.6) is 0 Å². The first-order chi connectivity index (χ1) is 6.22. The maximum absolute atomic E-state index is 11.1. The Hall–Kier alpha value is -1.06. The minimum Gasteiger partial charge on any atom is -0.354 e. The predicted octanol–water partition coefficient (Wildman–Crippen LogP) is 0.531. The highest BCUT2D eigenvalue weighted by molar-refractivity contribution is 5.84. The summed E-state index contributed by atoms with van der Waals surface area (Å²) in [6, 6.07) is 0. The number of carbonyl (C=O) groups is 2. The van der Waals surface area contributed by atoms with Crippen molar-refractivity contribution in [1.82, 2.24) is 10.6 Å². The van der Waals surface area contributed by atoms with Crippen molar-refractivity contribution in [3.8, 4) is 0 Å². The van der Waals surface area contributed by atoms with E-state index in [0.29, 0.717) is 12.3 Å². The van der Waals surface area contributed by atoms with E-state index in [4.69, 9.17) is 0 Å². The lowest BCUT2D eigenvalue weighted by Gasteiger charge is -2.04. The molecular weight excluding hydrogens is 168 g/mol. The summed E-state index contributed by atoms with van der Waals surface area (Å²) in [5.74, 6) is 0.515. The molecule has 4 heteroatoms. The van der Waals surface area contributed by atoms with E-state index in [1.165, 1.54) is 12.8 Å². The lowest BCUT2D eigenvalue weighted by Crippen LogP contribution is -2.37. The minimum absolute atomic E-state index is 0. The molecule has 1 saturated carbocycles. The van der Waals surface area contributed by atoms with Crippen molar-refractivity contribution in [2.24, 2.45) is 5.92 Å². The van der Waals surface area contributed by atoms with E-state index in [2.05, 4.69) is 10.6 Å². The highest BCUT2D eigenvalue weighted by Crippen LogP contribution is 2.27. The Labute approximate surface area is 81.0 Å². The molecule has 78 valence electrons. The van der Waals surface area contributed by atoms with Gasteiger partial charge in [-0.3, -0.25) is 9.59 Å². The van der Waals surface area contributed by atoms with Crippen molar-refractivity contribution in [2.45, 2.75) is 26.2 Å². The zero-order valence-corrected chi connectivity index (χ0v) is 7.93. The van der Waals surface area contributed by atoms with Gasteiger partial charge in [0.15, 0.2) is 0 Å². The summed E-state index contributed by atoms with van der Waals surface area (Å²) in [6.07, 6.45) is 2.87. The summed E-state index contributed by atoms with van der Waals surface area (Å²) in [5, 5.41) is 5.30. The van der Waals surface area contributed by atoms with Crippen molar-refractivity contribution in [3.05, 3.63) is 0 Å². The average molecular weight is 188 g/mol. The minimum atomic E-state index is -0.0892. The number of amides is 2. The van der Waals surface area contributed by atoms with Crippen LogP contribution in [0.4, 0.5) is 0 Å². The topological polar surface area (TPSA) is 58.2 Å². The van der Waals surface area contributed by atoms with Crippen molar-refractivity contribution in [3.63, 3.8) is 0 Å². The molecule has 0 aromatic carbocycles. The molecule has 2 amide bonds.